The SMILES string of the molecule is ONC(=Nc1cccc(F)c1)c1ccc2oc(COCC3CC3)cc2c1. The van der Waals surface area contributed by atoms with E-state index in [4.69, 9.17) is 9.15 Å². The van der Waals surface area contributed by atoms with E-state index in [9.17, 15) is 9.60 Å². The van der Waals surface area contributed by atoms with Crippen LogP contribution in [0.2, 0.25) is 0 Å². The number of hydrogen-bond donors (Lipinski definition) is 2. The van der Waals surface area contributed by atoms with Crippen molar-refractivity contribution < 1.29 is 18.8 Å². The van der Waals surface area contributed by atoms with Gasteiger partial charge in [0.2, 0.25) is 0 Å². The van der Waals surface area contributed by atoms with Crippen molar-refractivity contribution >= 4 is 22.5 Å². The molecule has 0 atom stereocenters. The van der Waals surface area contributed by atoms with Crippen LogP contribution in [0.15, 0.2) is 57.9 Å². The smallest absolute Gasteiger partial charge is 0.157 e. The van der Waals surface area contributed by atoms with Gasteiger partial charge in [0, 0.05) is 17.6 Å². The van der Waals surface area contributed by atoms with Crippen molar-refractivity contribution in [1.82, 2.24) is 5.48 Å². The number of ether oxygens (including phenoxy) is 1. The number of nitrogens with zero attached hydrogens (tertiary/aromatic N) is 1. The van der Waals surface area contributed by atoms with E-state index >= 15 is 0 Å². The maximum atomic E-state index is 13.3. The molecule has 2 aromatic carbocycles. The first-order valence-electron chi connectivity index (χ1n) is 8.56. The average molecular weight is 354 g/mol. The van der Waals surface area contributed by atoms with Crippen molar-refractivity contribution in [3.8, 4) is 0 Å². The van der Waals surface area contributed by atoms with Crippen LogP contribution >= 0.6 is 0 Å². The number of benzene rings is 2. The fourth-order valence-electron chi connectivity index (χ4n) is 2.76. The predicted molar refractivity (Wildman–Crippen MR) is 96.1 cm³/mol. The molecule has 0 unspecified atom stereocenters. The van der Waals surface area contributed by atoms with E-state index in [2.05, 4.69) is 10.5 Å². The largest absolute Gasteiger partial charge is 0.459 e. The molecule has 6 heteroatoms. The van der Waals surface area contributed by atoms with Gasteiger partial charge in [-0.2, -0.15) is 0 Å². The highest BCUT2D eigenvalue weighted by Gasteiger charge is 2.21. The topological polar surface area (TPSA) is 67.0 Å². The highest BCUT2D eigenvalue weighted by atomic mass is 19.1. The lowest BCUT2D eigenvalue weighted by molar-refractivity contribution is 0.0984. The van der Waals surface area contributed by atoms with Crippen LogP contribution in [0.5, 0.6) is 0 Å². The monoisotopic (exact) mass is 354 g/mol. The third-order valence-electron chi connectivity index (χ3n) is 4.29. The Kier molecular flexibility index (Phi) is 4.69. The molecule has 1 heterocycles. The molecule has 4 rings (SSSR count). The van der Waals surface area contributed by atoms with Gasteiger partial charge < -0.3 is 9.15 Å². The molecule has 0 saturated heterocycles. The lowest BCUT2D eigenvalue weighted by Gasteiger charge is -2.05. The Hall–Kier alpha value is -2.70. The van der Waals surface area contributed by atoms with Gasteiger partial charge in [-0.15, -0.1) is 0 Å². The first-order valence-corrected chi connectivity index (χ1v) is 8.56. The summed E-state index contributed by atoms with van der Waals surface area (Å²) in [5, 5.41) is 10.3. The Morgan fingerprint density at radius 3 is 2.88 bits per heavy atom. The van der Waals surface area contributed by atoms with E-state index in [1.807, 2.05) is 18.2 Å². The van der Waals surface area contributed by atoms with Gasteiger partial charge in [0.1, 0.15) is 23.8 Å². The molecule has 1 aliphatic carbocycles. The Bertz CT molecular complexity index is 947. The molecule has 1 saturated carbocycles. The molecule has 3 aromatic rings. The summed E-state index contributed by atoms with van der Waals surface area (Å²) in [5.41, 5.74) is 3.89. The standard InChI is InChI=1S/C20H19FN2O3/c21-16-2-1-3-17(10-16)22-20(23-24)14-6-7-19-15(8-14)9-18(26-19)12-25-11-13-4-5-13/h1-3,6-10,13,24H,4-5,11-12H2,(H,22,23). The lowest BCUT2D eigenvalue weighted by atomic mass is 10.1. The Morgan fingerprint density at radius 2 is 2.12 bits per heavy atom. The number of aliphatic imine (C=N–C) groups is 1. The number of rotatable bonds is 6. The summed E-state index contributed by atoms with van der Waals surface area (Å²) in [6.07, 6.45) is 2.51. The van der Waals surface area contributed by atoms with Crippen LogP contribution < -0.4 is 5.48 Å². The first kappa shape index (κ1) is 16.8. The minimum absolute atomic E-state index is 0.227. The van der Waals surface area contributed by atoms with Crippen LogP contribution in [0, 0.1) is 11.7 Å². The van der Waals surface area contributed by atoms with Gasteiger partial charge in [-0.3, -0.25) is 10.7 Å². The predicted octanol–water partition coefficient (Wildman–Crippen LogP) is 4.56. The molecule has 26 heavy (non-hydrogen) atoms. The summed E-state index contributed by atoms with van der Waals surface area (Å²) in [4.78, 5) is 4.26. The third-order valence-corrected chi connectivity index (χ3v) is 4.29. The van der Waals surface area contributed by atoms with E-state index in [0.717, 1.165) is 23.3 Å². The van der Waals surface area contributed by atoms with E-state index in [0.29, 0.717) is 23.8 Å². The second-order valence-corrected chi connectivity index (χ2v) is 6.48. The van der Waals surface area contributed by atoms with Crippen molar-refractivity contribution in [2.24, 2.45) is 10.9 Å². The number of nitrogens with one attached hydrogen (secondary N) is 1. The molecule has 2 N–H and O–H groups in total. The molecule has 1 aliphatic rings. The summed E-state index contributed by atoms with van der Waals surface area (Å²) in [6, 6.07) is 13.2. The normalized spacial score (nSPS) is 14.8. The maximum Gasteiger partial charge on any atom is 0.157 e. The van der Waals surface area contributed by atoms with Crippen LogP contribution in [0.3, 0.4) is 0 Å². The third kappa shape index (κ3) is 3.92. The molecule has 0 amide bonds. The highest BCUT2D eigenvalue weighted by Crippen LogP contribution is 2.29. The Morgan fingerprint density at radius 1 is 1.23 bits per heavy atom. The van der Waals surface area contributed by atoms with Crippen LogP contribution in [0.1, 0.15) is 24.2 Å². The minimum atomic E-state index is -0.385. The van der Waals surface area contributed by atoms with Gasteiger partial charge in [0.15, 0.2) is 5.84 Å². The van der Waals surface area contributed by atoms with Gasteiger partial charge in [-0.1, -0.05) is 6.07 Å². The quantitative estimate of drug-likeness (QED) is 0.387. The number of furan rings is 1. The van der Waals surface area contributed by atoms with Crippen molar-refractivity contribution in [2.75, 3.05) is 6.61 Å². The number of hydroxylamine groups is 1. The summed E-state index contributed by atoms with van der Waals surface area (Å²) in [6.45, 7) is 1.23. The average Bonchev–Trinajstić information content (AvgIpc) is 3.37. The zero-order chi connectivity index (χ0) is 17.9. The van der Waals surface area contributed by atoms with E-state index < -0.39 is 0 Å². The number of fused-ring (bicyclic) bond motifs is 1. The zero-order valence-corrected chi connectivity index (χ0v) is 14.1. The van der Waals surface area contributed by atoms with Gasteiger partial charge in [-0.25, -0.2) is 9.38 Å². The second kappa shape index (κ2) is 7.27. The van der Waals surface area contributed by atoms with Crippen molar-refractivity contribution in [3.63, 3.8) is 0 Å². The van der Waals surface area contributed by atoms with E-state index in [-0.39, 0.29) is 11.7 Å². The minimum Gasteiger partial charge on any atom is -0.459 e. The van der Waals surface area contributed by atoms with Gasteiger partial charge in [-0.05, 0) is 61.2 Å². The fraction of sp³-hybridized carbons (Fsp3) is 0.250. The molecule has 0 radical (unpaired) electrons. The van der Waals surface area contributed by atoms with Gasteiger partial charge in [0.05, 0.1) is 5.69 Å². The van der Waals surface area contributed by atoms with Gasteiger partial charge >= 0.3 is 0 Å². The van der Waals surface area contributed by atoms with E-state index in [1.165, 1.54) is 25.0 Å². The highest BCUT2D eigenvalue weighted by molar-refractivity contribution is 6.02. The molecule has 1 fully saturated rings. The molecule has 5 nitrogen and oxygen atoms in total. The van der Waals surface area contributed by atoms with E-state index in [1.54, 1.807) is 18.2 Å². The van der Waals surface area contributed by atoms with Crippen LogP contribution in [-0.4, -0.2) is 17.6 Å². The van der Waals surface area contributed by atoms with Crippen molar-refractivity contribution in [1.29, 1.82) is 0 Å². The first-order chi connectivity index (χ1) is 12.7. The summed E-state index contributed by atoms with van der Waals surface area (Å²) >= 11 is 0. The lowest BCUT2D eigenvalue weighted by Crippen LogP contribution is -2.19. The zero-order valence-electron chi connectivity index (χ0n) is 14.1. The van der Waals surface area contributed by atoms with Crippen molar-refractivity contribution in [2.45, 2.75) is 19.4 Å². The summed E-state index contributed by atoms with van der Waals surface area (Å²) in [7, 11) is 0. The summed E-state index contributed by atoms with van der Waals surface area (Å²) < 4.78 is 24.7. The molecule has 1 aromatic heterocycles. The Labute approximate surface area is 150 Å². The van der Waals surface area contributed by atoms with Gasteiger partial charge in [0.25, 0.3) is 0 Å². The van der Waals surface area contributed by atoms with Crippen LogP contribution in [-0.2, 0) is 11.3 Å². The fourth-order valence-corrected chi connectivity index (χ4v) is 2.76. The number of hydrogen-bond acceptors (Lipinski definition) is 4. The molecule has 0 bridgehead atoms. The Balaban J connectivity index is 1.56. The van der Waals surface area contributed by atoms with Crippen LogP contribution in [0.25, 0.3) is 11.0 Å². The molecular formula is C20H19FN2O3. The molecule has 134 valence electrons. The second-order valence-electron chi connectivity index (χ2n) is 6.48. The van der Waals surface area contributed by atoms with Crippen molar-refractivity contribution in [3.05, 3.63) is 65.7 Å². The summed E-state index contributed by atoms with van der Waals surface area (Å²) in [5.74, 6) is 1.32. The molecular weight excluding hydrogens is 335 g/mol. The molecule has 0 aliphatic heterocycles. The number of amidine groups is 1. The molecule has 0 spiro atoms. The maximum absolute atomic E-state index is 13.3. The number of halogens is 1. The van der Waals surface area contributed by atoms with Crippen LogP contribution in [0.4, 0.5) is 10.1 Å².